The number of likely N-dealkylation sites (N-methyl/N-ethyl adjacent to an activating group) is 1. The van der Waals surface area contributed by atoms with E-state index in [0.29, 0.717) is 23.5 Å². The number of quaternary nitrogens is 1. The minimum absolute atomic E-state index is 0.00959. The molecule has 1 rings (SSSR count). The third kappa shape index (κ3) is 7.65. The first kappa shape index (κ1) is 20.9. The number of esters is 1. The fourth-order valence-electron chi connectivity index (χ4n) is 3.53. The van der Waals surface area contributed by atoms with Gasteiger partial charge in [0.1, 0.15) is 5.60 Å². The molecule has 5 heteroatoms. The Labute approximate surface area is 147 Å². The maximum atomic E-state index is 12.4. The van der Waals surface area contributed by atoms with Crippen molar-refractivity contribution in [2.75, 3.05) is 33.7 Å². The maximum Gasteiger partial charge on any atom is 0.362 e. The SMILES string of the molecule is CC(=O)NCCC[N+](C)(C)CC(=O)OC1(C)CCC(C(C)C)CC1. The Kier molecular flexibility index (Phi) is 7.71. The van der Waals surface area contributed by atoms with Crippen molar-refractivity contribution in [2.24, 2.45) is 11.8 Å². The molecule has 0 aromatic heterocycles. The van der Waals surface area contributed by atoms with E-state index in [2.05, 4.69) is 26.1 Å². The molecule has 0 bridgehead atoms. The molecule has 0 aliphatic heterocycles. The summed E-state index contributed by atoms with van der Waals surface area (Å²) in [5.41, 5.74) is -0.293. The van der Waals surface area contributed by atoms with Crippen LogP contribution in [0.4, 0.5) is 0 Å². The second-order valence-electron chi connectivity index (χ2n) is 8.66. The van der Waals surface area contributed by atoms with Gasteiger partial charge in [0.15, 0.2) is 6.54 Å². The summed E-state index contributed by atoms with van der Waals surface area (Å²) in [6.07, 6.45) is 5.09. The van der Waals surface area contributed by atoms with Gasteiger partial charge in [-0.2, -0.15) is 0 Å². The molecule has 1 aliphatic rings. The predicted octanol–water partition coefficient (Wildman–Crippen LogP) is 2.74. The van der Waals surface area contributed by atoms with Crippen LogP contribution in [0.15, 0.2) is 0 Å². The lowest BCUT2D eigenvalue weighted by Gasteiger charge is -2.39. The number of carbonyl (C=O) groups excluding carboxylic acids is 2. The summed E-state index contributed by atoms with van der Waals surface area (Å²) in [6.45, 7) is 10.0. The number of rotatable bonds is 8. The van der Waals surface area contributed by atoms with Crippen LogP contribution < -0.4 is 5.32 Å². The molecule has 5 nitrogen and oxygen atoms in total. The van der Waals surface area contributed by atoms with Crippen LogP contribution in [0.5, 0.6) is 0 Å². The Morgan fingerprint density at radius 2 is 1.83 bits per heavy atom. The van der Waals surface area contributed by atoms with E-state index in [0.717, 1.165) is 44.6 Å². The molecule has 0 saturated heterocycles. The number of hydrogen-bond acceptors (Lipinski definition) is 3. The molecule has 1 amide bonds. The number of nitrogens with one attached hydrogen (secondary N) is 1. The Bertz CT molecular complexity index is 424. The second kappa shape index (κ2) is 8.84. The molecule has 1 N–H and O–H groups in total. The van der Waals surface area contributed by atoms with Crippen LogP contribution in [0.25, 0.3) is 0 Å². The van der Waals surface area contributed by atoms with Crippen molar-refractivity contribution in [3.63, 3.8) is 0 Å². The molecule has 0 unspecified atom stereocenters. The van der Waals surface area contributed by atoms with Crippen molar-refractivity contribution in [1.29, 1.82) is 0 Å². The summed E-state index contributed by atoms with van der Waals surface area (Å²) >= 11 is 0. The highest BCUT2D eigenvalue weighted by Crippen LogP contribution is 2.37. The van der Waals surface area contributed by atoms with E-state index >= 15 is 0 Å². The Balaban J connectivity index is 2.37. The van der Waals surface area contributed by atoms with Crippen molar-refractivity contribution < 1.29 is 18.8 Å². The lowest BCUT2D eigenvalue weighted by Crippen LogP contribution is -2.48. The second-order valence-corrected chi connectivity index (χ2v) is 8.66. The van der Waals surface area contributed by atoms with Crippen LogP contribution in [-0.2, 0) is 14.3 Å². The third-order valence-corrected chi connectivity index (χ3v) is 5.26. The van der Waals surface area contributed by atoms with Crippen molar-refractivity contribution in [2.45, 2.75) is 65.4 Å². The van der Waals surface area contributed by atoms with Gasteiger partial charge in [0.2, 0.25) is 5.91 Å². The Hall–Kier alpha value is -1.10. The number of ether oxygens (including phenoxy) is 1. The molecule has 0 aromatic rings. The van der Waals surface area contributed by atoms with Crippen LogP contribution in [0, 0.1) is 11.8 Å². The van der Waals surface area contributed by atoms with E-state index in [1.807, 2.05) is 14.1 Å². The fraction of sp³-hybridized carbons (Fsp3) is 0.895. The first-order valence-electron chi connectivity index (χ1n) is 9.31. The van der Waals surface area contributed by atoms with Crippen LogP contribution in [-0.4, -0.2) is 55.7 Å². The molecule has 1 saturated carbocycles. The van der Waals surface area contributed by atoms with Crippen LogP contribution >= 0.6 is 0 Å². The number of nitrogens with zero attached hydrogens (tertiary/aromatic N) is 1. The largest absolute Gasteiger partial charge is 0.455 e. The zero-order valence-corrected chi connectivity index (χ0v) is 16.5. The fourth-order valence-corrected chi connectivity index (χ4v) is 3.53. The van der Waals surface area contributed by atoms with Gasteiger partial charge in [-0.25, -0.2) is 4.79 Å². The van der Waals surface area contributed by atoms with E-state index in [1.54, 1.807) is 0 Å². The van der Waals surface area contributed by atoms with Gasteiger partial charge in [0.25, 0.3) is 0 Å². The lowest BCUT2D eigenvalue weighted by molar-refractivity contribution is -0.883. The van der Waals surface area contributed by atoms with Crippen molar-refractivity contribution in [1.82, 2.24) is 5.32 Å². The van der Waals surface area contributed by atoms with Gasteiger partial charge in [0.05, 0.1) is 20.6 Å². The zero-order valence-electron chi connectivity index (χ0n) is 16.5. The van der Waals surface area contributed by atoms with E-state index in [4.69, 9.17) is 4.74 Å². The first-order valence-corrected chi connectivity index (χ1v) is 9.31. The summed E-state index contributed by atoms with van der Waals surface area (Å²) in [4.78, 5) is 23.3. The Morgan fingerprint density at radius 1 is 1.25 bits per heavy atom. The molecule has 1 fully saturated rings. The van der Waals surface area contributed by atoms with Gasteiger partial charge >= 0.3 is 5.97 Å². The number of carbonyl (C=O) groups is 2. The monoisotopic (exact) mass is 341 g/mol. The van der Waals surface area contributed by atoms with Gasteiger partial charge in [0, 0.05) is 19.9 Å². The predicted molar refractivity (Wildman–Crippen MR) is 96.4 cm³/mol. The van der Waals surface area contributed by atoms with E-state index in [1.165, 1.54) is 6.92 Å². The van der Waals surface area contributed by atoms with Gasteiger partial charge in [-0.15, -0.1) is 0 Å². The summed E-state index contributed by atoms with van der Waals surface area (Å²) in [6, 6.07) is 0. The lowest BCUT2D eigenvalue weighted by atomic mass is 9.75. The van der Waals surface area contributed by atoms with Crippen molar-refractivity contribution in [3.05, 3.63) is 0 Å². The molecule has 140 valence electrons. The molecule has 1 aliphatic carbocycles. The van der Waals surface area contributed by atoms with E-state index in [9.17, 15) is 9.59 Å². The van der Waals surface area contributed by atoms with Crippen LogP contribution in [0.3, 0.4) is 0 Å². The maximum absolute atomic E-state index is 12.4. The quantitative estimate of drug-likeness (QED) is 0.419. The van der Waals surface area contributed by atoms with E-state index < -0.39 is 0 Å². The molecular weight excluding hydrogens is 304 g/mol. The standard InChI is InChI=1S/C19H36N2O3/c1-15(2)17-8-10-19(4,11-9-17)24-18(23)14-21(5,6)13-7-12-20-16(3)22/h15,17H,7-14H2,1-6H3/p+1. The summed E-state index contributed by atoms with van der Waals surface area (Å²) in [5, 5.41) is 2.79. The zero-order chi connectivity index (χ0) is 18.4. The topological polar surface area (TPSA) is 55.4 Å². The average Bonchev–Trinajstić information content (AvgIpc) is 2.42. The molecule has 0 radical (unpaired) electrons. The van der Waals surface area contributed by atoms with Gasteiger partial charge in [-0.05, 0) is 44.4 Å². The van der Waals surface area contributed by atoms with Gasteiger partial charge < -0.3 is 14.5 Å². The van der Waals surface area contributed by atoms with Crippen molar-refractivity contribution >= 4 is 11.9 Å². The molecule has 0 spiro atoms. The van der Waals surface area contributed by atoms with E-state index in [-0.39, 0.29) is 17.5 Å². The highest BCUT2D eigenvalue weighted by Gasteiger charge is 2.36. The highest BCUT2D eigenvalue weighted by atomic mass is 16.6. The normalized spacial score (nSPS) is 24.7. The first-order chi connectivity index (χ1) is 11.0. The molecule has 0 atom stereocenters. The minimum atomic E-state index is -0.293. The molecule has 0 heterocycles. The van der Waals surface area contributed by atoms with Gasteiger partial charge in [-0.3, -0.25) is 4.79 Å². The molecular formula is C19H37N2O3+. The average molecular weight is 342 g/mol. The molecule has 24 heavy (non-hydrogen) atoms. The third-order valence-electron chi connectivity index (χ3n) is 5.26. The summed E-state index contributed by atoms with van der Waals surface area (Å²) in [7, 11) is 4.07. The summed E-state index contributed by atoms with van der Waals surface area (Å²) in [5.74, 6) is 1.36. The van der Waals surface area contributed by atoms with Crippen LogP contribution in [0.2, 0.25) is 0 Å². The smallest absolute Gasteiger partial charge is 0.362 e. The van der Waals surface area contributed by atoms with Crippen LogP contribution in [0.1, 0.15) is 59.8 Å². The van der Waals surface area contributed by atoms with Gasteiger partial charge in [-0.1, -0.05) is 13.8 Å². The molecule has 0 aromatic carbocycles. The number of amides is 1. The number of hydrogen-bond donors (Lipinski definition) is 1. The summed E-state index contributed by atoms with van der Waals surface area (Å²) < 4.78 is 6.45. The minimum Gasteiger partial charge on any atom is -0.455 e. The highest BCUT2D eigenvalue weighted by molar-refractivity contribution is 5.72. The Morgan fingerprint density at radius 3 is 2.33 bits per heavy atom. The van der Waals surface area contributed by atoms with Crippen molar-refractivity contribution in [3.8, 4) is 0 Å².